The van der Waals surface area contributed by atoms with Gasteiger partial charge in [-0.15, -0.1) is 4.91 Å². The molecular weight excluding hydrogens is 574 g/mol. The van der Waals surface area contributed by atoms with Crippen molar-refractivity contribution in [1.29, 1.82) is 0 Å². The molecule has 1 aliphatic rings. The zero-order valence-electron chi connectivity index (χ0n) is 28.2. The highest BCUT2D eigenvalue weighted by Crippen LogP contribution is 2.31. The van der Waals surface area contributed by atoms with Gasteiger partial charge in [0.2, 0.25) is 0 Å². The molecular formula is C38H47N5O3. The Labute approximate surface area is 273 Å². The van der Waals surface area contributed by atoms with Gasteiger partial charge in [-0.3, -0.25) is 4.90 Å². The summed E-state index contributed by atoms with van der Waals surface area (Å²) in [5, 5.41) is 7.54. The third-order valence-electron chi connectivity index (χ3n) is 9.35. The number of benzene rings is 2. The van der Waals surface area contributed by atoms with E-state index in [1.165, 1.54) is 27.8 Å². The molecule has 0 N–H and O–H groups in total. The highest BCUT2D eigenvalue weighted by atomic mass is 16.5. The van der Waals surface area contributed by atoms with E-state index in [1.807, 2.05) is 25.1 Å². The van der Waals surface area contributed by atoms with Gasteiger partial charge in [0, 0.05) is 56.1 Å². The zero-order valence-corrected chi connectivity index (χ0v) is 28.2. The van der Waals surface area contributed by atoms with Crippen LogP contribution in [0.15, 0.2) is 60.4 Å². The summed E-state index contributed by atoms with van der Waals surface area (Å²) in [4.78, 5) is 18.7. The van der Waals surface area contributed by atoms with Crippen molar-refractivity contribution < 1.29 is 9.47 Å². The van der Waals surface area contributed by atoms with Crippen molar-refractivity contribution in [2.75, 3.05) is 20.3 Å². The number of nitroso groups, excluding NO2 is 1. The minimum absolute atomic E-state index is 0.176. The molecule has 1 unspecified atom stereocenters. The standard InChI is InChI=1S/C38H47N5O3/c1-8-33(16-18-45-7)42-17-15-34-27(5)30(14-13-29(34)23-42)24-46-38-26(4)19-25(3)20-31(38)21-32-11-10-12-37(40-32)43-36(9-2)35(22-39-43)28(6)41-44/h10-14,19-20,22,33H,6,8-9,15-18,21,23-24H2,1-5,7H3. The van der Waals surface area contributed by atoms with Gasteiger partial charge >= 0.3 is 0 Å². The minimum Gasteiger partial charge on any atom is -0.488 e. The summed E-state index contributed by atoms with van der Waals surface area (Å²) in [5.74, 6) is 1.60. The van der Waals surface area contributed by atoms with E-state index in [2.05, 4.69) is 73.7 Å². The van der Waals surface area contributed by atoms with Crippen LogP contribution in [0.5, 0.6) is 5.75 Å². The van der Waals surface area contributed by atoms with Gasteiger partial charge in [0.15, 0.2) is 5.82 Å². The number of nitrogens with zero attached hydrogens (tertiary/aromatic N) is 5. The number of fused-ring (bicyclic) bond motifs is 1. The van der Waals surface area contributed by atoms with Gasteiger partial charge < -0.3 is 9.47 Å². The van der Waals surface area contributed by atoms with Gasteiger partial charge in [0.05, 0.1) is 11.9 Å². The number of ether oxygens (including phenoxy) is 2. The van der Waals surface area contributed by atoms with E-state index < -0.39 is 0 Å². The molecule has 1 aliphatic heterocycles. The lowest BCUT2D eigenvalue weighted by Crippen LogP contribution is -2.39. The first kappa shape index (κ1) is 33.2. The number of hydrogen-bond donors (Lipinski definition) is 0. The Morgan fingerprint density at radius 2 is 1.93 bits per heavy atom. The smallest absolute Gasteiger partial charge is 0.153 e. The van der Waals surface area contributed by atoms with Crippen LogP contribution >= 0.6 is 0 Å². The van der Waals surface area contributed by atoms with Crippen molar-refractivity contribution in [2.45, 2.75) is 85.9 Å². The van der Waals surface area contributed by atoms with Crippen LogP contribution in [0.3, 0.4) is 0 Å². The van der Waals surface area contributed by atoms with Gasteiger partial charge in [-0.05, 0) is 91.6 Å². The van der Waals surface area contributed by atoms with Crippen molar-refractivity contribution >= 4 is 5.70 Å². The molecule has 0 aliphatic carbocycles. The van der Waals surface area contributed by atoms with E-state index in [0.717, 1.165) is 67.2 Å². The molecule has 0 fully saturated rings. The monoisotopic (exact) mass is 621 g/mol. The lowest BCUT2D eigenvalue weighted by atomic mass is 9.90. The van der Waals surface area contributed by atoms with Crippen LogP contribution < -0.4 is 4.74 Å². The summed E-state index contributed by atoms with van der Waals surface area (Å²) in [5.41, 5.74) is 11.5. The maximum Gasteiger partial charge on any atom is 0.153 e. The second-order valence-electron chi connectivity index (χ2n) is 12.4. The molecule has 8 heteroatoms. The average Bonchev–Trinajstić information content (AvgIpc) is 3.50. The molecule has 3 heterocycles. The summed E-state index contributed by atoms with van der Waals surface area (Å²) in [6, 6.07) is 15.4. The van der Waals surface area contributed by atoms with E-state index >= 15 is 0 Å². The van der Waals surface area contributed by atoms with E-state index in [-0.39, 0.29) is 5.70 Å². The molecule has 0 amide bonds. The Hall–Kier alpha value is -4.14. The lowest BCUT2D eigenvalue weighted by Gasteiger charge is -2.36. The number of pyridine rings is 1. The molecule has 2 aromatic heterocycles. The van der Waals surface area contributed by atoms with Gasteiger partial charge in [0.25, 0.3) is 0 Å². The maximum absolute atomic E-state index is 11.1. The zero-order chi connectivity index (χ0) is 32.8. The first-order valence-electron chi connectivity index (χ1n) is 16.4. The molecule has 1 atom stereocenters. The highest BCUT2D eigenvalue weighted by Gasteiger charge is 2.24. The maximum atomic E-state index is 11.1. The lowest BCUT2D eigenvalue weighted by molar-refractivity contribution is 0.118. The predicted octanol–water partition coefficient (Wildman–Crippen LogP) is 7.84. The van der Waals surface area contributed by atoms with Gasteiger partial charge in [-0.2, -0.15) is 5.10 Å². The van der Waals surface area contributed by atoms with Crippen molar-refractivity contribution in [3.05, 3.63) is 116 Å². The first-order valence-corrected chi connectivity index (χ1v) is 16.4. The highest BCUT2D eigenvalue weighted by molar-refractivity contribution is 5.64. The largest absolute Gasteiger partial charge is 0.488 e. The molecule has 0 spiro atoms. The summed E-state index contributed by atoms with van der Waals surface area (Å²) in [6.45, 7) is 17.9. The molecule has 4 aromatic rings. The second-order valence-corrected chi connectivity index (χ2v) is 12.4. The van der Waals surface area contributed by atoms with Crippen LogP contribution in [0, 0.1) is 25.7 Å². The van der Waals surface area contributed by atoms with Crippen molar-refractivity contribution in [2.24, 2.45) is 5.18 Å². The summed E-state index contributed by atoms with van der Waals surface area (Å²) < 4.78 is 13.8. The fraction of sp³-hybridized carbons (Fsp3) is 0.421. The molecule has 0 saturated heterocycles. The number of rotatable bonds is 14. The molecule has 242 valence electrons. The van der Waals surface area contributed by atoms with Gasteiger partial charge in [0.1, 0.15) is 18.1 Å². The van der Waals surface area contributed by atoms with Crippen molar-refractivity contribution in [1.82, 2.24) is 19.7 Å². The fourth-order valence-corrected chi connectivity index (χ4v) is 6.89. The fourth-order valence-electron chi connectivity index (χ4n) is 6.89. The summed E-state index contributed by atoms with van der Waals surface area (Å²) in [6.07, 6.45) is 6.19. The Kier molecular flexibility index (Phi) is 10.8. The van der Waals surface area contributed by atoms with Crippen LogP contribution in [0.1, 0.15) is 82.6 Å². The summed E-state index contributed by atoms with van der Waals surface area (Å²) in [7, 11) is 1.79. The minimum atomic E-state index is 0.176. The van der Waals surface area contributed by atoms with Crippen LogP contribution in [0.4, 0.5) is 0 Å². The topological polar surface area (TPSA) is 81.8 Å². The van der Waals surface area contributed by atoms with Crippen LogP contribution in [-0.2, 0) is 37.2 Å². The van der Waals surface area contributed by atoms with E-state index in [0.29, 0.717) is 36.9 Å². The Bertz CT molecular complexity index is 1710. The van der Waals surface area contributed by atoms with E-state index in [9.17, 15) is 4.91 Å². The van der Waals surface area contributed by atoms with Crippen LogP contribution in [0.2, 0.25) is 0 Å². The van der Waals surface area contributed by atoms with Crippen LogP contribution in [0.25, 0.3) is 11.5 Å². The molecule has 0 saturated carbocycles. The number of aryl methyl sites for hydroxylation is 2. The SMILES string of the molecule is C=C(N=O)c1cnn(-c2cccc(Cc3cc(C)cc(C)c3OCc3ccc4c(c3C)CCN(C(CC)CCOC)C4)n2)c1CC. The molecule has 2 aromatic carbocycles. The number of methoxy groups -OCH3 is 1. The van der Waals surface area contributed by atoms with Crippen molar-refractivity contribution in [3.63, 3.8) is 0 Å². The third kappa shape index (κ3) is 7.13. The molecule has 46 heavy (non-hydrogen) atoms. The van der Waals surface area contributed by atoms with E-state index in [1.54, 1.807) is 18.0 Å². The van der Waals surface area contributed by atoms with E-state index in [4.69, 9.17) is 14.5 Å². The summed E-state index contributed by atoms with van der Waals surface area (Å²) >= 11 is 0. The first-order chi connectivity index (χ1) is 22.3. The average molecular weight is 622 g/mol. The normalized spacial score (nSPS) is 13.8. The second kappa shape index (κ2) is 15.0. The Balaban J connectivity index is 1.35. The van der Waals surface area contributed by atoms with Crippen LogP contribution in [-0.4, -0.2) is 46.0 Å². The third-order valence-corrected chi connectivity index (χ3v) is 9.35. The molecule has 5 rings (SSSR count). The number of hydrogen-bond acceptors (Lipinski definition) is 7. The molecule has 0 bridgehead atoms. The van der Waals surface area contributed by atoms with Gasteiger partial charge in [-0.25, -0.2) is 9.67 Å². The molecule has 0 radical (unpaired) electrons. The quantitative estimate of drug-likeness (QED) is 0.134. The predicted molar refractivity (Wildman–Crippen MR) is 184 cm³/mol. The molecule has 8 nitrogen and oxygen atoms in total. The Morgan fingerprint density at radius 1 is 1.11 bits per heavy atom. The Morgan fingerprint density at radius 3 is 2.67 bits per heavy atom. The van der Waals surface area contributed by atoms with Crippen molar-refractivity contribution in [3.8, 4) is 11.6 Å². The number of aromatic nitrogens is 3. The van der Waals surface area contributed by atoms with Gasteiger partial charge in [-0.1, -0.05) is 56.3 Å².